The van der Waals surface area contributed by atoms with E-state index in [9.17, 15) is 0 Å². The molecule has 112 valence electrons. The molecule has 1 aliphatic heterocycles. The quantitative estimate of drug-likeness (QED) is 0.911. The van der Waals surface area contributed by atoms with E-state index < -0.39 is 0 Å². The summed E-state index contributed by atoms with van der Waals surface area (Å²) in [5.74, 6) is 0. The molecule has 0 fully saturated rings. The average Bonchev–Trinajstić information content (AvgIpc) is 2.55. The number of nitrogens with one attached hydrogen (secondary N) is 1. The molecule has 0 aliphatic carbocycles. The van der Waals surface area contributed by atoms with Crippen molar-refractivity contribution >= 4 is 11.9 Å². The summed E-state index contributed by atoms with van der Waals surface area (Å²) in [7, 11) is 0. The standard InChI is InChI=1S/C19H21N3/c1-13-8-9-17(14(2)10-13)18-16(11-20)12-21-19(22-18)15-6-4-3-5-7-15/h3-10,12,19,22H,11,20H2,1-2H3. The van der Waals surface area contributed by atoms with Crippen LogP contribution in [0.2, 0.25) is 0 Å². The molecule has 0 aromatic heterocycles. The van der Waals surface area contributed by atoms with Crippen molar-refractivity contribution in [3.05, 3.63) is 76.4 Å². The van der Waals surface area contributed by atoms with Gasteiger partial charge < -0.3 is 11.1 Å². The van der Waals surface area contributed by atoms with Crippen molar-refractivity contribution in [1.82, 2.24) is 5.32 Å². The normalized spacial score (nSPS) is 17.5. The van der Waals surface area contributed by atoms with Gasteiger partial charge in [0.25, 0.3) is 0 Å². The summed E-state index contributed by atoms with van der Waals surface area (Å²) in [5, 5.41) is 3.55. The molecule has 2 aromatic rings. The van der Waals surface area contributed by atoms with E-state index in [1.807, 2.05) is 24.4 Å². The number of aliphatic imine (C=N–C) groups is 1. The Morgan fingerprint density at radius 3 is 2.55 bits per heavy atom. The summed E-state index contributed by atoms with van der Waals surface area (Å²) >= 11 is 0. The third kappa shape index (κ3) is 2.81. The minimum atomic E-state index is -0.0628. The van der Waals surface area contributed by atoms with E-state index in [1.165, 1.54) is 16.7 Å². The Labute approximate surface area is 131 Å². The molecule has 0 amide bonds. The van der Waals surface area contributed by atoms with Gasteiger partial charge in [0.1, 0.15) is 6.17 Å². The summed E-state index contributed by atoms with van der Waals surface area (Å²) in [4.78, 5) is 4.60. The van der Waals surface area contributed by atoms with Crippen LogP contribution < -0.4 is 11.1 Å². The summed E-state index contributed by atoms with van der Waals surface area (Å²) in [6.07, 6.45) is 1.84. The maximum atomic E-state index is 5.91. The molecule has 3 N–H and O–H groups in total. The molecule has 2 aromatic carbocycles. The molecule has 0 bridgehead atoms. The maximum Gasteiger partial charge on any atom is 0.144 e. The first-order valence-corrected chi connectivity index (χ1v) is 7.54. The van der Waals surface area contributed by atoms with Crippen LogP contribution in [0.15, 0.2) is 59.1 Å². The van der Waals surface area contributed by atoms with E-state index in [0.717, 1.165) is 16.8 Å². The Morgan fingerprint density at radius 1 is 1.09 bits per heavy atom. The average molecular weight is 291 g/mol. The van der Waals surface area contributed by atoms with Crippen LogP contribution >= 0.6 is 0 Å². The topological polar surface area (TPSA) is 50.4 Å². The molecule has 3 rings (SSSR count). The van der Waals surface area contributed by atoms with Gasteiger partial charge in [0.2, 0.25) is 0 Å². The molecule has 3 heteroatoms. The van der Waals surface area contributed by atoms with Crippen molar-refractivity contribution in [3.63, 3.8) is 0 Å². The van der Waals surface area contributed by atoms with E-state index in [4.69, 9.17) is 5.73 Å². The van der Waals surface area contributed by atoms with Crippen molar-refractivity contribution in [3.8, 4) is 0 Å². The Hall–Kier alpha value is -2.39. The van der Waals surface area contributed by atoms with Crippen molar-refractivity contribution < 1.29 is 0 Å². The smallest absolute Gasteiger partial charge is 0.144 e. The van der Waals surface area contributed by atoms with Gasteiger partial charge in [-0.1, -0.05) is 54.1 Å². The van der Waals surface area contributed by atoms with Gasteiger partial charge in [-0.15, -0.1) is 0 Å². The van der Waals surface area contributed by atoms with E-state index in [1.54, 1.807) is 0 Å². The Balaban J connectivity index is 2.00. The lowest BCUT2D eigenvalue weighted by atomic mass is 9.98. The number of hydrogen-bond donors (Lipinski definition) is 2. The third-order valence-corrected chi connectivity index (χ3v) is 3.97. The zero-order valence-corrected chi connectivity index (χ0v) is 13.0. The number of aryl methyl sites for hydroxylation is 2. The number of nitrogens with two attached hydrogens (primary N) is 1. The number of nitrogens with zero attached hydrogens (tertiary/aromatic N) is 1. The van der Waals surface area contributed by atoms with Crippen molar-refractivity contribution in [1.29, 1.82) is 0 Å². The van der Waals surface area contributed by atoms with Crippen LogP contribution in [0.25, 0.3) is 5.70 Å². The van der Waals surface area contributed by atoms with Gasteiger partial charge in [-0.3, -0.25) is 4.99 Å². The SMILES string of the molecule is Cc1ccc(C2=C(CN)C=NC(c3ccccc3)N2)c(C)c1. The van der Waals surface area contributed by atoms with E-state index >= 15 is 0 Å². The number of benzene rings is 2. The fraction of sp³-hybridized carbons (Fsp3) is 0.211. The molecule has 0 radical (unpaired) electrons. The van der Waals surface area contributed by atoms with Crippen LogP contribution in [0, 0.1) is 13.8 Å². The van der Waals surface area contributed by atoms with Gasteiger partial charge in [0, 0.05) is 29.6 Å². The fourth-order valence-corrected chi connectivity index (χ4v) is 2.80. The lowest BCUT2D eigenvalue weighted by Crippen LogP contribution is -2.26. The first kappa shape index (κ1) is 14.5. The zero-order chi connectivity index (χ0) is 15.5. The molecular weight excluding hydrogens is 270 g/mol. The monoisotopic (exact) mass is 291 g/mol. The molecule has 0 spiro atoms. The molecule has 22 heavy (non-hydrogen) atoms. The van der Waals surface area contributed by atoms with Gasteiger partial charge in [-0.2, -0.15) is 0 Å². The van der Waals surface area contributed by atoms with Crippen LogP contribution in [-0.4, -0.2) is 12.8 Å². The summed E-state index contributed by atoms with van der Waals surface area (Å²) < 4.78 is 0. The second kappa shape index (κ2) is 6.16. The van der Waals surface area contributed by atoms with E-state index in [0.29, 0.717) is 6.54 Å². The van der Waals surface area contributed by atoms with Crippen LogP contribution in [0.1, 0.15) is 28.4 Å². The highest BCUT2D eigenvalue weighted by Crippen LogP contribution is 2.27. The molecular formula is C19H21N3. The second-order valence-electron chi connectivity index (χ2n) is 5.66. The van der Waals surface area contributed by atoms with Crippen molar-refractivity contribution in [2.45, 2.75) is 20.0 Å². The van der Waals surface area contributed by atoms with Crippen LogP contribution in [0.3, 0.4) is 0 Å². The van der Waals surface area contributed by atoms with Crippen molar-refractivity contribution in [2.24, 2.45) is 10.7 Å². The summed E-state index contributed by atoms with van der Waals surface area (Å²) in [5.41, 5.74) is 12.9. The van der Waals surface area contributed by atoms with Crippen LogP contribution in [-0.2, 0) is 0 Å². The molecule has 1 unspecified atom stereocenters. The molecule has 0 saturated heterocycles. The zero-order valence-electron chi connectivity index (χ0n) is 13.0. The van der Waals surface area contributed by atoms with Crippen molar-refractivity contribution in [2.75, 3.05) is 6.54 Å². The minimum Gasteiger partial charge on any atom is -0.359 e. The lowest BCUT2D eigenvalue weighted by molar-refractivity contribution is 0.661. The number of hydrogen-bond acceptors (Lipinski definition) is 3. The Kier molecular flexibility index (Phi) is 4.07. The van der Waals surface area contributed by atoms with Crippen LogP contribution in [0.4, 0.5) is 0 Å². The van der Waals surface area contributed by atoms with Crippen LogP contribution in [0.5, 0.6) is 0 Å². The second-order valence-corrected chi connectivity index (χ2v) is 5.66. The largest absolute Gasteiger partial charge is 0.359 e. The minimum absolute atomic E-state index is 0.0628. The molecule has 3 nitrogen and oxygen atoms in total. The highest BCUT2D eigenvalue weighted by atomic mass is 15.1. The summed E-state index contributed by atoms with van der Waals surface area (Å²) in [6.45, 7) is 4.71. The first-order valence-electron chi connectivity index (χ1n) is 7.54. The maximum absolute atomic E-state index is 5.91. The first-order chi connectivity index (χ1) is 10.7. The third-order valence-electron chi connectivity index (χ3n) is 3.97. The molecule has 1 aliphatic rings. The predicted molar refractivity (Wildman–Crippen MR) is 92.7 cm³/mol. The highest BCUT2D eigenvalue weighted by molar-refractivity contribution is 5.93. The predicted octanol–water partition coefficient (Wildman–Crippen LogP) is 3.35. The van der Waals surface area contributed by atoms with E-state index in [-0.39, 0.29) is 6.17 Å². The lowest BCUT2D eigenvalue weighted by Gasteiger charge is -2.26. The Morgan fingerprint density at radius 2 is 1.86 bits per heavy atom. The fourth-order valence-electron chi connectivity index (χ4n) is 2.80. The van der Waals surface area contributed by atoms with Gasteiger partial charge in [-0.25, -0.2) is 0 Å². The van der Waals surface area contributed by atoms with Gasteiger partial charge in [0.15, 0.2) is 0 Å². The molecule has 1 heterocycles. The molecule has 1 atom stereocenters. The summed E-state index contributed by atoms with van der Waals surface area (Å²) in [6, 6.07) is 16.7. The Bertz CT molecular complexity index is 730. The number of rotatable bonds is 3. The van der Waals surface area contributed by atoms with Gasteiger partial charge in [-0.05, 0) is 25.0 Å². The van der Waals surface area contributed by atoms with E-state index in [2.05, 4.69) is 54.5 Å². The van der Waals surface area contributed by atoms with Gasteiger partial charge in [0.05, 0.1) is 0 Å². The van der Waals surface area contributed by atoms with Gasteiger partial charge >= 0.3 is 0 Å². The molecule has 0 saturated carbocycles. The highest BCUT2D eigenvalue weighted by Gasteiger charge is 2.19.